The summed E-state index contributed by atoms with van der Waals surface area (Å²) in [6.07, 6.45) is -5.75. The number of halogens is 3. The van der Waals surface area contributed by atoms with E-state index in [1.165, 1.54) is 13.2 Å². The normalized spacial score (nSPS) is 17.2. The highest BCUT2D eigenvalue weighted by Crippen LogP contribution is 2.38. The van der Waals surface area contributed by atoms with Gasteiger partial charge in [-0.2, -0.15) is 13.2 Å². The largest absolute Gasteiger partial charge is 0.465 e. The summed E-state index contributed by atoms with van der Waals surface area (Å²) in [7, 11) is 1.19. The molecular weight excluding hydrogens is 315 g/mol. The van der Waals surface area contributed by atoms with Crippen molar-refractivity contribution in [1.82, 2.24) is 0 Å². The highest BCUT2D eigenvalue weighted by atomic mass is 19.4. The molecule has 1 amide bonds. The van der Waals surface area contributed by atoms with Crippen LogP contribution in [0, 0.1) is 0 Å². The Kier molecular flexibility index (Phi) is 4.72. The number of Topliss-reactive ketones (excluding diaryl/α,β-unsaturated/α-hetero) is 1. The first-order chi connectivity index (χ1) is 10.7. The molecule has 0 saturated carbocycles. The number of alkyl halides is 3. The third kappa shape index (κ3) is 3.69. The topological polar surface area (TPSA) is 72.5 Å². The molecule has 5 nitrogen and oxygen atoms in total. The molecule has 1 aromatic carbocycles. The molecule has 1 atom stereocenters. The number of benzene rings is 1. The molecule has 8 heteroatoms. The lowest BCUT2D eigenvalue weighted by Crippen LogP contribution is -2.27. The van der Waals surface area contributed by atoms with Gasteiger partial charge < -0.3 is 10.1 Å². The van der Waals surface area contributed by atoms with E-state index in [-0.39, 0.29) is 24.1 Å². The second-order valence-electron chi connectivity index (χ2n) is 5.17. The lowest BCUT2D eigenvalue weighted by molar-refractivity contribution is -0.171. The maximum absolute atomic E-state index is 12.3. The summed E-state index contributed by atoms with van der Waals surface area (Å²) in [5.74, 6) is -3.46. The number of anilines is 1. The van der Waals surface area contributed by atoms with Gasteiger partial charge >= 0.3 is 12.1 Å². The van der Waals surface area contributed by atoms with E-state index in [4.69, 9.17) is 0 Å². The summed E-state index contributed by atoms with van der Waals surface area (Å²) >= 11 is 0. The maximum atomic E-state index is 12.3. The molecule has 1 aromatic rings. The van der Waals surface area contributed by atoms with Crippen molar-refractivity contribution >= 4 is 23.3 Å². The van der Waals surface area contributed by atoms with Crippen LogP contribution in [0.4, 0.5) is 18.9 Å². The molecule has 0 fully saturated rings. The van der Waals surface area contributed by atoms with E-state index in [2.05, 4.69) is 10.1 Å². The van der Waals surface area contributed by atoms with Gasteiger partial charge in [0.1, 0.15) is 0 Å². The lowest BCUT2D eigenvalue weighted by atomic mass is 9.85. The van der Waals surface area contributed by atoms with E-state index in [9.17, 15) is 27.6 Å². The number of rotatable bonds is 4. The van der Waals surface area contributed by atoms with Crippen LogP contribution >= 0.6 is 0 Å². The minimum atomic E-state index is -4.88. The van der Waals surface area contributed by atoms with Crippen LogP contribution in [0.1, 0.15) is 41.1 Å². The minimum absolute atomic E-state index is 0.0389. The van der Waals surface area contributed by atoms with Crippen molar-refractivity contribution in [3.63, 3.8) is 0 Å². The maximum Gasteiger partial charge on any atom is 0.449 e. The molecule has 0 spiro atoms. The Morgan fingerprint density at radius 2 is 2.04 bits per heavy atom. The van der Waals surface area contributed by atoms with Crippen molar-refractivity contribution in [3.8, 4) is 0 Å². The fourth-order valence-corrected chi connectivity index (χ4v) is 2.56. The van der Waals surface area contributed by atoms with Crippen LogP contribution in [-0.2, 0) is 14.3 Å². The van der Waals surface area contributed by atoms with E-state index in [1.807, 2.05) is 0 Å². The molecular formula is C15H14F3NO4. The first-order valence-electron chi connectivity index (χ1n) is 6.85. The monoisotopic (exact) mass is 329 g/mol. The van der Waals surface area contributed by atoms with Crippen LogP contribution in [0.3, 0.4) is 0 Å². The summed E-state index contributed by atoms with van der Waals surface area (Å²) in [4.78, 5) is 34.5. The number of hydrogen-bond acceptors (Lipinski definition) is 4. The number of methoxy groups -OCH3 is 1. The Hall–Kier alpha value is -2.38. The summed E-state index contributed by atoms with van der Waals surface area (Å²) in [6, 6.07) is 4.62. The lowest BCUT2D eigenvalue weighted by Gasteiger charge is -2.27. The molecule has 0 aromatic heterocycles. The third-order valence-corrected chi connectivity index (χ3v) is 3.67. The van der Waals surface area contributed by atoms with Gasteiger partial charge in [0.05, 0.1) is 18.4 Å². The van der Waals surface area contributed by atoms with Gasteiger partial charge in [0.15, 0.2) is 0 Å². The Bertz CT molecular complexity index is 655. The second-order valence-corrected chi connectivity index (χ2v) is 5.17. The predicted octanol–water partition coefficient (Wildman–Crippen LogP) is 2.81. The molecule has 1 aliphatic heterocycles. The number of nitrogens with one attached hydrogen (secondary N) is 1. The molecule has 0 bridgehead atoms. The van der Waals surface area contributed by atoms with Crippen molar-refractivity contribution < 1.29 is 32.3 Å². The van der Waals surface area contributed by atoms with E-state index >= 15 is 0 Å². The number of hydrogen-bond donors (Lipinski definition) is 1. The Labute approximate surface area is 129 Å². The van der Waals surface area contributed by atoms with E-state index < -0.39 is 36.2 Å². The fourth-order valence-electron chi connectivity index (χ4n) is 2.56. The Morgan fingerprint density at radius 3 is 2.65 bits per heavy atom. The van der Waals surface area contributed by atoms with Gasteiger partial charge in [-0.3, -0.25) is 9.59 Å². The SMILES string of the molecule is COC(=O)c1cccc2c1NC(=O)C[C@H]2CCC(=O)C(F)(F)F. The molecule has 0 unspecified atom stereocenters. The average Bonchev–Trinajstić information content (AvgIpc) is 2.49. The van der Waals surface area contributed by atoms with Gasteiger partial charge in [-0.15, -0.1) is 0 Å². The quantitative estimate of drug-likeness (QED) is 0.862. The van der Waals surface area contributed by atoms with Crippen LogP contribution in [0.25, 0.3) is 0 Å². The molecule has 1 aliphatic rings. The van der Waals surface area contributed by atoms with Crippen LogP contribution in [0.5, 0.6) is 0 Å². The number of amides is 1. The number of ether oxygens (including phenoxy) is 1. The molecule has 0 saturated heterocycles. The number of esters is 1. The average molecular weight is 329 g/mol. The number of carbonyl (C=O) groups excluding carboxylic acids is 3. The molecule has 2 rings (SSSR count). The number of carbonyl (C=O) groups is 3. The fraction of sp³-hybridized carbons (Fsp3) is 0.400. The number of fused-ring (bicyclic) bond motifs is 1. The van der Waals surface area contributed by atoms with E-state index in [0.717, 1.165) is 0 Å². The number of ketones is 1. The smallest absolute Gasteiger partial charge is 0.449 e. The van der Waals surface area contributed by atoms with Gasteiger partial charge in [-0.25, -0.2) is 4.79 Å². The first-order valence-corrected chi connectivity index (χ1v) is 6.85. The molecule has 23 heavy (non-hydrogen) atoms. The first kappa shape index (κ1) is 17.0. The van der Waals surface area contributed by atoms with E-state index in [0.29, 0.717) is 5.56 Å². The predicted molar refractivity (Wildman–Crippen MR) is 74.1 cm³/mol. The number of para-hydroxylation sites is 1. The van der Waals surface area contributed by atoms with Crippen LogP contribution in [0.2, 0.25) is 0 Å². The molecule has 0 aliphatic carbocycles. The van der Waals surface area contributed by atoms with Gasteiger partial charge in [0.2, 0.25) is 11.7 Å². The Morgan fingerprint density at radius 1 is 1.35 bits per heavy atom. The van der Waals surface area contributed by atoms with Gasteiger partial charge in [0.25, 0.3) is 0 Å². The summed E-state index contributed by atoms with van der Waals surface area (Å²) in [5.41, 5.74) is 0.896. The van der Waals surface area contributed by atoms with Crippen molar-refractivity contribution in [3.05, 3.63) is 29.3 Å². The van der Waals surface area contributed by atoms with Gasteiger partial charge in [-0.1, -0.05) is 12.1 Å². The second kappa shape index (κ2) is 6.39. The zero-order valence-electron chi connectivity index (χ0n) is 12.2. The molecule has 1 heterocycles. The van der Waals surface area contributed by atoms with Crippen LogP contribution < -0.4 is 5.32 Å². The Balaban J connectivity index is 2.27. The van der Waals surface area contributed by atoms with Crippen LogP contribution in [-0.4, -0.2) is 30.9 Å². The third-order valence-electron chi connectivity index (χ3n) is 3.67. The van der Waals surface area contributed by atoms with Crippen molar-refractivity contribution in [2.45, 2.75) is 31.4 Å². The summed E-state index contributed by atoms with van der Waals surface area (Å²) in [6.45, 7) is 0. The van der Waals surface area contributed by atoms with Crippen molar-refractivity contribution in [1.29, 1.82) is 0 Å². The highest BCUT2D eigenvalue weighted by molar-refractivity contribution is 6.04. The van der Waals surface area contributed by atoms with Crippen molar-refractivity contribution in [2.24, 2.45) is 0 Å². The molecule has 0 radical (unpaired) electrons. The van der Waals surface area contributed by atoms with Crippen LogP contribution in [0.15, 0.2) is 18.2 Å². The molecule has 1 N–H and O–H groups in total. The minimum Gasteiger partial charge on any atom is -0.465 e. The summed E-state index contributed by atoms with van der Waals surface area (Å²) in [5, 5.41) is 2.54. The highest BCUT2D eigenvalue weighted by Gasteiger charge is 2.38. The summed E-state index contributed by atoms with van der Waals surface area (Å²) < 4.78 is 41.5. The van der Waals surface area contributed by atoms with Gasteiger partial charge in [0, 0.05) is 12.8 Å². The molecule has 124 valence electrons. The zero-order chi connectivity index (χ0) is 17.2. The zero-order valence-corrected chi connectivity index (χ0v) is 12.2. The standard InChI is InChI=1S/C15H14F3NO4/c1-23-14(22)10-4-2-3-9-8(7-12(21)19-13(9)10)5-6-11(20)15(16,17)18/h2-4,8H,5-7H2,1H3,(H,19,21)/t8-/m1/s1. The van der Waals surface area contributed by atoms with Gasteiger partial charge in [-0.05, 0) is 24.0 Å². The van der Waals surface area contributed by atoms with E-state index in [1.54, 1.807) is 12.1 Å². The van der Waals surface area contributed by atoms with Crippen molar-refractivity contribution in [2.75, 3.05) is 12.4 Å².